The van der Waals surface area contributed by atoms with Crippen LogP contribution >= 0.6 is 24.0 Å². The second kappa shape index (κ2) is 12.0. The van der Waals surface area contributed by atoms with Crippen LogP contribution in [0.2, 0.25) is 0 Å². The van der Waals surface area contributed by atoms with Crippen molar-refractivity contribution in [3.8, 4) is 6.07 Å². The molecule has 1 amide bonds. The number of carbonyl (C=O) groups excluding carboxylic acids is 2. The van der Waals surface area contributed by atoms with E-state index in [-0.39, 0.29) is 35.5 Å². The SMILES string of the molecule is CCCn1c(N2CCC(C(=O)OCC)CC2)c(/C=C2\SC(=S)N(Cc3ccco3)C2=O)c(C)c(C#N)c1=O. The number of nitrogens with zero attached hydrogens (tertiary/aromatic N) is 4. The van der Waals surface area contributed by atoms with Crippen molar-refractivity contribution in [3.05, 3.63) is 56.1 Å². The summed E-state index contributed by atoms with van der Waals surface area (Å²) >= 11 is 6.68. The average molecular weight is 555 g/mol. The molecule has 0 radical (unpaired) electrons. The van der Waals surface area contributed by atoms with Crippen molar-refractivity contribution in [2.24, 2.45) is 5.92 Å². The zero-order valence-corrected chi connectivity index (χ0v) is 23.3. The summed E-state index contributed by atoms with van der Waals surface area (Å²) in [5.41, 5.74) is 0.865. The van der Waals surface area contributed by atoms with Crippen molar-refractivity contribution in [1.29, 1.82) is 5.26 Å². The molecule has 2 aromatic heterocycles. The lowest BCUT2D eigenvalue weighted by atomic mass is 9.95. The number of rotatable bonds is 8. The Kier molecular flexibility index (Phi) is 8.74. The zero-order chi connectivity index (χ0) is 27.4. The van der Waals surface area contributed by atoms with Crippen LogP contribution in [0.15, 0.2) is 32.5 Å². The van der Waals surface area contributed by atoms with E-state index in [1.165, 1.54) is 16.7 Å². The van der Waals surface area contributed by atoms with E-state index < -0.39 is 0 Å². The molecule has 2 aliphatic heterocycles. The largest absolute Gasteiger partial charge is 0.467 e. The van der Waals surface area contributed by atoms with Gasteiger partial charge in [0.1, 0.15) is 27.5 Å². The minimum absolute atomic E-state index is 0.0564. The van der Waals surface area contributed by atoms with Gasteiger partial charge in [0, 0.05) is 25.2 Å². The Morgan fingerprint density at radius 3 is 2.66 bits per heavy atom. The third-order valence-electron chi connectivity index (χ3n) is 6.75. The predicted molar refractivity (Wildman–Crippen MR) is 149 cm³/mol. The van der Waals surface area contributed by atoms with Gasteiger partial charge in [0.15, 0.2) is 0 Å². The maximum absolute atomic E-state index is 13.4. The van der Waals surface area contributed by atoms with Gasteiger partial charge in [-0.25, -0.2) is 0 Å². The molecule has 2 saturated heterocycles. The van der Waals surface area contributed by atoms with Crippen LogP contribution < -0.4 is 10.5 Å². The molecule has 4 heterocycles. The van der Waals surface area contributed by atoms with Crippen molar-refractivity contribution in [1.82, 2.24) is 9.47 Å². The van der Waals surface area contributed by atoms with Gasteiger partial charge in [0.2, 0.25) is 0 Å². The van der Waals surface area contributed by atoms with E-state index in [1.807, 2.05) is 6.92 Å². The van der Waals surface area contributed by atoms with Crippen LogP contribution in [-0.4, -0.2) is 45.4 Å². The molecule has 0 bridgehead atoms. The Bertz CT molecular complexity index is 1370. The monoisotopic (exact) mass is 554 g/mol. The topological polar surface area (TPSA) is 109 Å². The Morgan fingerprint density at radius 1 is 1.32 bits per heavy atom. The fourth-order valence-electron chi connectivity index (χ4n) is 4.83. The number of amides is 1. The van der Waals surface area contributed by atoms with E-state index >= 15 is 0 Å². The molecule has 2 aromatic rings. The molecule has 0 atom stereocenters. The molecule has 38 heavy (non-hydrogen) atoms. The second-order valence-corrected chi connectivity index (χ2v) is 10.8. The third-order valence-corrected chi connectivity index (χ3v) is 8.13. The normalized spacial score (nSPS) is 17.4. The zero-order valence-electron chi connectivity index (χ0n) is 21.7. The highest BCUT2D eigenvalue weighted by Crippen LogP contribution is 2.37. The van der Waals surface area contributed by atoms with Crippen LogP contribution in [0.25, 0.3) is 6.08 Å². The van der Waals surface area contributed by atoms with Crippen LogP contribution in [0.1, 0.15) is 55.6 Å². The molecule has 0 spiro atoms. The summed E-state index contributed by atoms with van der Waals surface area (Å²) in [4.78, 5) is 43.0. The second-order valence-electron chi connectivity index (χ2n) is 9.17. The molecule has 2 aliphatic rings. The van der Waals surface area contributed by atoms with Gasteiger partial charge in [-0.3, -0.25) is 23.9 Å². The number of hydrogen-bond donors (Lipinski definition) is 0. The van der Waals surface area contributed by atoms with Crippen LogP contribution in [0.5, 0.6) is 0 Å². The summed E-state index contributed by atoms with van der Waals surface area (Å²) in [5.74, 6) is 0.626. The Balaban J connectivity index is 1.76. The summed E-state index contributed by atoms with van der Waals surface area (Å²) in [6, 6.07) is 5.61. The standard InChI is InChI=1S/C27H30N4O5S2/c1-4-10-30-23(29-11-8-18(9-12-29)26(34)35-5-2)20(17(3)21(15-28)24(30)32)14-22-25(33)31(27(37)38-22)16-19-7-6-13-36-19/h6-7,13-14,18H,4-5,8-12,16H2,1-3H3/b22-14-. The highest BCUT2D eigenvalue weighted by atomic mass is 32.2. The van der Waals surface area contributed by atoms with Crippen molar-refractivity contribution >= 4 is 52.1 Å². The first kappa shape index (κ1) is 27.7. The average Bonchev–Trinajstić information content (AvgIpc) is 3.51. The van der Waals surface area contributed by atoms with Gasteiger partial charge in [0.05, 0.1) is 30.2 Å². The van der Waals surface area contributed by atoms with Crippen molar-refractivity contribution in [3.63, 3.8) is 0 Å². The number of pyridine rings is 1. The highest BCUT2D eigenvalue weighted by Gasteiger charge is 2.35. The van der Waals surface area contributed by atoms with Crippen molar-refractivity contribution in [2.75, 3.05) is 24.6 Å². The number of esters is 1. The number of thiocarbonyl (C=S) groups is 1. The van der Waals surface area contributed by atoms with Gasteiger partial charge >= 0.3 is 5.97 Å². The molecular weight excluding hydrogens is 524 g/mol. The Labute approximate surface area is 231 Å². The lowest BCUT2D eigenvalue weighted by Crippen LogP contribution is -2.41. The predicted octanol–water partition coefficient (Wildman–Crippen LogP) is 4.21. The Hall–Kier alpha value is -3.36. The van der Waals surface area contributed by atoms with Crippen LogP contribution in [0.4, 0.5) is 5.82 Å². The van der Waals surface area contributed by atoms with Crippen molar-refractivity contribution < 1.29 is 18.7 Å². The first-order valence-electron chi connectivity index (χ1n) is 12.7. The summed E-state index contributed by atoms with van der Waals surface area (Å²) < 4.78 is 12.6. The van der Waals surface area contributed by atoms with Crippen molar-refractivity contribution in [2.45, 2.75) is 53.1 Å². The van der Waals surface area contributed by atoms with E-state index in [4.69, 9.17) is 21.4 Å². The number of nitriles is 1. The van der Waals surface area contributed by atoms with Crippen LogP contribution in [-0.2, 0) is 27.4 Å². The lowest BCUT2D eigenvalue weighted by Gasteiger charge is -2.35. The maximum atomic E-state index is 13.4. The molecule has 0 aliphatic carbocycles. The first-order valence-corrected chi connectivity index (χ1v) is 13.9. The number of carbonyl (C=O) groups is 2. The lowest BCUT2D eigenvalue weighted by molar-refractivity contribution is -0.148. The number of ether oxygens (including phenoxy) is 1. The first-order chi connectivity index (χ1) is 18.3. The number of hydrogen-bond acceptors (Lipinski definition) is 9. The summed E-state index contributed by atoms with van der Waals surface area (Å²) in [6.07, 6.45) is 5.15. The van der Waals surface area contributed by atoms with E-state index in [1.54, 1.807) is 42.9 Å². The maximum Gasteiger partial charge on any atom is 0.309 e. The molecule has 4 rings (SSSR count). The molecule has 11 heteroatoms. The Morgan fingerprint density at radius 2 is 2.05 bits per heavy atom. The number of furan rings is 1. The number of piperidine rings is 1. The van der Waals surface area contributed by atoms with E-state index in [0.717, 1.165) is 0 Å². The van der Waals surface area contributed by atoms with Crippen LogP contribution in [0.3, 0.4) is 0 Å². The van der Waals surface area contributed by atoms with Gasteiger partial charge in [-0.2, -0.15) is 5.26 Å². The van der Waals surface area contributed by atoms with Gasteiger partial charge in [-0.15, -0.1) is 0 Å². The molecule has 9 nitrogen and oxygen atoms in total. The summed E-state index contributed by atoms with van der Waals surface area (Å²) in [5, 5.41) is 9.84. The molecule has 0 saturated carbocycles. The van der Waals surface area contributed by atoms with E-state index in [2.05, 4.69) is 11.0 Å². The van der Waals surface area contributed by atoms with E-state index in [9.17, 15) is 19.6 Å². The number of aromatic nitrogens is 1. The molecule has 0 N–H and O–H groups in total. The fraction of sp³-hybridized carbons (Fsp3) is 0.444. The van der Waals surface area contributed by atoms with Gasteiger partial charge in [-0.05, 0) is 56.9 Å². The minimum Gasteiger partial charge on any atom is -0.467 e. The molecule has 200 valence electrons. The molecule has 0 aromatic carbocycles. The highest BCUT2D eigenvalue weighted by molar-refractivity contribution is 8.26. The van der Waals surface area contributed by atoms with Gasteiger partial charge in [-0.1, -0.05) is 30.9 Å². The minimum atomic E-state index is -0.350. The van der Waals surface area contributed by atoms with Gasteiger partial charge < -0.3 is 14.1 Å². The number of thioether (sulfide) groups is 1. The summed E-state index contributed by atoms with van der Waals surface area (Å²) in [6.45, 7) is 7.56. The molecule has 0 unspecified atom stereocenters. The fourth-order valence-corrected chi connectivity index (χ4v) is 6.07. The molecule has 2 fully saturated rings. The summed E-state index contributed by atoms with van der Waals surface area (Å²) in [7, 11) is 0. The van der Waals surface area contributed by atoms with Crippen LogP contribution in [0, 0.1) is 24.2 Å². The number of anilines is 1. The third kappa shape index (κ3) is 5.42. The quantitative estimate of drug-likeness (QED) is 0.269. The smallest absolute Gasteiger partial charge is 0.309 e. The molecular formula is C27H30N4O5S2. The van der Waals surface area contributed by atoms with E-state index in [0.29, 0.717) is 77.4 Å². The van der Waals surface area contributed by atoms with Gasteiger partial charge in [0.25, 0.3) is 11.5 Å².